The van der Waals surface area contributed by atoms with E-state index >= 15 is 0 Å². The molecule has 26 heavy (non-hydrogen) atoms. The Labute approximate surface area is 153 Å². The van der Waals surface area contributed by atoms with Crippen molar-refractivity contribution in [2.75, 3.05) is 19.6 Å². The lowest BCUT2D eigenvalue weighted by molar-refractivity contribution is -0.121. The van der Waals surface area contributed by atoms with Gasteiger partial charge < -0.3 is 9.47 Å². The summed E-state index contributed by atoms with van der Waals surface area (Å²) >= 11 is 0. The number of amides is 1. The van der Waals surface area contributed by atoms with E-state index in [1.165, 1.54) is 10.5 Å². The van der Waals surface area contributed by atoms with Gasteiger partial charge in [-0.25, -0.2) is 13.8 Å². The zero-order valence-corrected chi connectivity index (χ0v) is 15.5. The second kappa shape index (κ2) is 8.05. The molecule has 1 fully saturated rings. The Hall–Kier alpha value is -2.13. The number of ether oxygens (including phenoxy) is 2. The van der Waals surface area contributed by atoms with Gasteiger partial charge in [0.05, 0.1) is 19.0 Å². The number of hydrogen-bond acceptors (Lipinski definition) is 6. The zero-order chi connectivity index (χ0) is 18.6. The Balaban J connectivity index is 1.58. The van der Waals surface area contributed by atoms with E-state index in [1.807, 2.05) is 0 Å². The lowest BCUT2D eigenvalue weighted by atomic mass is 9.95. The van der Waals surface area contributed by atoms with Crippen molar-refractivity contribution in [3.05, 3.63) is 23.8 Å². The van der Waals surface area contributed by atoms with Crippen LogP contribution in [0, 0.1) is 0 Å². The van der Waals surface area contributed by atoms with Gasteiger partial charge in [0.25, 0.3) is 5.91 Å². The average molecular weight is 381 g/mol. The van der Waals surface area contributed by atoms with Crippen LogP contribution in [0.25, 0.3) is 0 Å². The average Bonchev–Trinajstić information content (AvgIpc) is 3.07. The SMILES string of the molecule is CS(=O)(=O)N(CC(=O)N/N=C/c1ccc2c(c1)OCO2)C1CCCCC1. The fraction of sp³-hybridized carbons (Fsp3) is 0.529. The Morgan fingerprint density at radius 2 is 2.00 bits per heavy atom. The van der Waals surface area contributed by atoms with Crippen LogP contribution in [0.4, 0.5) is 0 Å². The molecule has 0 saturated heterocycles. The monoisotopic (exact) mass is 381 g/mol. The maximum absolute atomic E-state index is 12.1. The number of rotatable bonds is 6. The quantitative estimate of drug-likeness (QED) is 0.594. The molecule has 1 saturated carbocycles. The van der Waals surface area contributed by atoms with E-state index in [4.69, 9.17) is 9.47 Å². The molecule has 0 aromatic heterocycles. The van der Waals surface area contributed by atoms with Crippen molar-refractivity contribution < 1.29 is 22.7 Å². The number of nitrogens with zero attached hydrogens (tertiary/aromatic N) is 2. The molecule has 0 atom stereocenters. The van der Waals surface area contributed by atoms with Crippen LogP contribution in [-0.2, 0) is 14.8 Å². The summed E-state index contributed by atoms with van der Waals surface area (Å²) in [6, 6.07) is 5.19. The van der Waals surface area contributed by atoms with E-state index in [0.29, 0.717) is 11.5 Å². The number of hydrogen-bond donors (Lipinski definition) is 1. The largest absolute Gasteiger partial charge is 0.454 e. The standard InChI is InChI=1S/C17H23N3O5S/c1-26(22,23)20(14-5-3-2-4-6-14)11-17(21)19-18-10-13-7-8-15-16(9-13)25-12-24-15/h7-10,14H,2-6,11-12H2,1H3,(H,19,21)/b18-10+. The van der Waals surface area contributed by atoms with Gasteiger partial charge in [0.2, 0.25) is 16.8 Å². The molecule has 1 heterocycles. The van der Waals surface area contributed by atoms with Gasteiger partial charge in [0.1, 0.15) is 0 Å². The first-order chi connectivity index (χ1) is 12.4. The fourth-order valence-electron chi connectivity index (χ4n) is 3.24. The van der Waals surface area contributed by atoms with Crippen LogP contribution < -0.4 is 14.9 Å². The fourth-order valence-corrected chi connectivity index (χ4v) is 4.34. The summed E-state index contributed by atoms with van der Waals surface area (Å²) in [5.41, 5.74) is 3.13. The number of nitrogens with one attached hydrogen (secondary N) is 1. The van der Waals surface area contributed by atoms with E-state index in [0.717, 1.165) is 43.9 Å². The smallest absolute Gasteiger partial charge is 0.255 e. The van der Waals surface area contributed by atoms with Crippen molar-refractivity contribution >= 4 is 22.1 Å². The highest BCUT2D eigenvalue weighted by molar-refractivity contribution is 7.88. The lowest BCUT2D eigenvalue weighted by Gasteiger charge is -2.31. The van der Waals surface area contributed by atoms with Gasteiger partial charge in [-0.05, 0) is 36.6 Å². The predicted molar refractivity (Wildman–Crippen MR) is 96.7 cm³/mol. The Morgan fingerprint density at radius 3 is 2.73 bits per heavy atom. The predicted octanol–water partition coefficient (Wildman–Crippen LogP) is 1.46. The van der Waals surface area contributed by atoms with Gasteiger partial charge in [0.15, 0.2) is 11.5 Å². The van der Waals surface area contributed by atoms with Gasteiger partial charge in [-0.15, -0.1) is 0 Å². The van der Waals surface area contributed by atoms with Gasteiger partial charge in [-0.3, -0.25) is 4.79 Å². The van der Waals surface area contributed by atoms with E-state index in [1.54, 1.807) is 18.2 Å². The van der Waals surface area contributed by atoms with Crippen LogP contribution in [0.2, 0.25) is 0 Å². The summed E-state index contributed by atoms with van der Waals surface area (Å²) < 4.78 is 35.9. The van der Waals surface area contributed by atoms with Crippen molar-refractivity contribution in [1.82, 2.24) is 9.73 Å². The summed E-state index contributed by atoms with van der Waals surface area (Å²) in [5, 5.41) is 3.90. The molecular weight excluding hydrogens is 358 g/mol. The molecule has 142 valence electrons. The molecule has 1 aliphatic carbocycles. The summed E-state index contributed by atoms with van der Waals surface area (Å²) in [4.78, 5) is 12.1. The molecule has 1 aliphatic heterocycles. The molecule has 0 spiro atoms. The first kappa shape index (κ1) is 18.7. The van der Waals surface area contributed by atoms with E-state index in [-0.39, 0.29) is 19.4 Å². The molecular formula is C17H23N3O5S. The number of carbonyl (C=O) groups is 1. The van der Waals surface area contributed by atoms with Gasteiger partial charge in [0, 0.05) is 6.04 Å². The summed E-state index contributed by atoms with van der Waals surface area (Å²) in [7, 11) is -3.45. The van der Waals surface area contributed by atoms with E-state index in [9.17, 15) is 13.2 Å². The van der Waals surface area contributed by atoms with Crippen molar-refractivity contribution in [2.45, 2.75) is 38.1 Å². The third-order valence-corrected chi connectivity index (χ3v) is 5.79. The molecule has 1 N–H and O–H groups in total. The number of benzene rings is 1. The van der Waals surface area contributed by atoms with Crippen molar-refractivity contribution in [1.29, 1.82) is 0 Å². The minimum Gasteiger partial charge on any atom is -0.454 e. The van der Waals surface area contributed by atoms with E-state index < -0.39 is 15.9 Å². The minimum absolute atomic E-state index is 0.109. The summed E-state index contributed by atoms with van der Waals surface area (Å²) in [6.45, 7) is -0.0306. The van der Waals surface area contributed by atoms with Crippen molar-refractivity contribution in [2.24, 2.45) is 5.10 Å². The van der Waals surface area contributed by atoms with Crippen molar-refractivity contribution in [3.8, 4) is 11.5 Å². The number of sulfonamides is 1. The summed E-state index contributed by atoms with van der Waals surface area (Å²) in [6.07, 6.45) is 7.29. The lowest BCUT2D eigenvalue weighted by Crippen LogP contribution is -2.45. The zero-order valence-electron chi connectivity index (χ0n) is 14.7. The van der Waals surface area contributed by atoms with Crippen LogP contribution in [0.15, 0.2) is 23.3 Å². The van der Waals surface area contributed by atoms with Crippen LogP contribution in [-0.4, -0.2) is 50.5 Å². The van der Waals surface area contributed by atoms with Crippen LogP contribution in [0.5, 0.6) is 11.5 Å². The third kappa shape index (κ3) is 4.73. The minimum atomic E-state index is -3.45. The van der Waals surface area contributed by atoms with Crippen LogP contribution in [0.1, 0.15) is 37.7 Å². The molecule has 1 aromatic rings. The molecule has 1 aromatic carbocycles. The molecule has 2 aliphatic rings. The van der Waals surface area contributed by atoms with Crippen LogP contribution >= 0.6 is 0 Å². The summed E-state index contributed by atoms with van der Waals surface area (Å²) in [5.74, 6) is 0.835. The first-order valence-electron chi connectivity index (χ1n) is 8.62. The highest BCUT2D eigenvalue weighted by Gasteiger charge is 2.29. The Morgan fingerprint density at radius 1 is 1.27 bits per heavy atom. The molecule has 8 nitrogen and oxygen atoms in total. The number of hydrazone groups is 1. The Bertz CT molecular complexity index is 788. The maximum atomic E-state index is 12.1. The highest BCUT2D eigenvalue weighted by atomic mass is 32.2. The molecule has 0 unspecified atom stereocenters. The molecule has 1 amide bonds. The molecule has 3 rings (SSSR count). The van der Waals surface area contributed by atoms with Gasteiger partial charge in [-0.1, -0.05) is 19.3 Å². The number of fused-ring (bicyclic) bond motifs is 1. The second-order valence-electron chi connectivity index (χ2n) is 6.51. The third-order valence-electron chi connectivity index (χ3n) is 4.51. The Kier molecular flexibility index (Phi) is 5.77. The number of carbonyl (C=O) groups excluding carboxylic acids is 1. The normalized spacial score (nSPS) is 17.8. The molecule has 0 radical (unpaired) electrons. The molecule has 0 bridgehead atoms. The van der Waals surface area contributed by atoms with E-state index in [2.05, 4.69) is 10.5 Å². The maximum Gasteiger partial charge on any atom is 0.255 e. The highest BCUT2D eigenvalue weighted by Crippen LogP contribution is 2.32. The van der Waals surface area contributed by atoms with Crippen molar-refractivity contribution in [3.63, 3.8) is 0 Å². The topological polar surface area (TPSA) is 97.3 Å². The second-order valence-corrected chi connectivity index (χ2v) is 8.44. The first-order valence-corrected chi connectivity index (χ1v) is 10.5. The molecule has 9 heteroatoms. The van der Waals surface area contributed by atoms with Gasteiger partial charge in [-0.2, -0.15) is 9.41 Å². The van der Waals surface area contributed by atoms with Crippen LogP contribution in [0.3, 0.4) is 0 Å². The van der Waals surface area contributed by atoms with Gasteiger partial charge >= 0.3 is 0 Å².